The van der Waals surface area contributed by atoms with Gasteiger partial charge in [0.2, 0.25) is 0 Å². The number of aryl methyl sites for hydroxylation is 1. The highest BCUT2D eigenvalue weighted by molar-refractivity contribution is 5.44. The third-order valence-electron chi connectivity index (χ3n) is 4.00. The van der Waals surface area contributed by atoms with Crippen molar-refractivity contribution < 1.29 is 35.0 Å². The fraction of sp³-hybridized carbons (Fsp3) is 0.368. The molecule has 0 spiro atoms. The van der Waals surface area contributed by atoms with Crippen molar-refractivity contribution in [2.75, 3.05) is 20.3 Å². The van der Waals surface area contributed by atoms with Crippen LogP contribution >= 0.6 is 0 Å². The maximum absolute atomic E-state index is 10.4. The van der Waals surface area contributed by atoms with Crippen LogP contribution in [0.2, 0.25) is 0 Å². The van der Waals surface area contributed by atoms with Crippen molar-refractivity contribution in [3.63, 3.8) is 0 Å². The van der Waals surface area contributed by atoms with E-state index in [0.29, 0.717) is 24.3 Å². The summed E-state index contributed by atoms with van der Waals surface area (Å²) in [6.45, 7) is -0.378. The maximum atomic E-state index is 10.4. The maximum Gasteiger partial charge on any atom is 0.161 e. The van der Waals surface area contributed by atoms with E-state index >= 15 is 0 Å². The van der Waals surface area contributed by atoms with Crippen molar-refractivity contribution in [2.24, 2.45) is 0 Å². The molecular weight excluding hydrogens is 340 g/mol. The van der Waals surface area contributed by atoms with E-state index in [-0.39, 0.29) is 23.7 Å². The van der Waals surface area contributed by atoms with Crippen molar-refractivity contribution in [3.8, 4) is 23.0 Å². The Morgan fingerprint density at radius 1 is 0.962 bits per heavy atom. The molecule has 0 aliphatic carbocycles. The number of aliphatic hydroxyl groups is 3. The monoisotopic (exact) mass is 364 g/mol. The molecule has 0 saturated carbocycles. The van der Waals surface area contributed by atoms with Crippen LogP contribution in [0.4, 0.5) is 0 Å². The molecule has 2 aromatic carbocycles. The molecule has 26 heavy (non-hydrogen) atoms. The molecule has 0 aromatic heterocycles. The zero-order chi connectivity index (χ0) is 19.1. The van der Waals surface area contributed by atoms with Crippen LogP contribution in [0.15, 0.2) is 36.4 Å². The number of hydrogen-bond donors (Lipinski definition) is 5. The van der Waals surface area contributed by atoms with E-state index in [1.807, 2.05) is 6.07 Å². The number of benzene rings is 2. The summed E-state index contributed by atoms with van der Waals surface area (Å²) >= 11 is 0. The first-order valence-corrected chi connectivity index (χ1v) is 8.25. The van der Waals surface area contributed by atoms with E-state index < -0.39 is 18.8 Å². The summed E-state index contributed by atoms with van der Waals surface area (Å²) in [4.78, 5) is 0. The van der Waals surface area contributed by atoms with Gasteiger partial charge in [-0.3, -0.25) is 0 Å². The molecule has 0 heterocycles. The number of hydrogen-bond acceptors (Lipinski definition) is 7. The highest BCUT2D eigenvalue weighted by Crippen LogP contribution is 2.33. The molecule has 5 N–H and O–H groups in total. The van der Waals surface area contributed by atoms with Crippen molar-refractivity contribution in [1.82, 2.24) is 0 Å². The number of rotatable bonds is 9. The first kappa shape index (κ1) is 19.8. The SMILES string of the molecule is COc1cc(CCCO)ccc1O[C@H](CO)[C@@H](O)c1ccc(O)c(O)c1. The molecule has 0 fully saturated rings. The van der Waals surface area contributed by atoms with E-state index in [9.17, 15) is 20.4 Å². The molecule has 0 saturated heterocycles. The Hall–Kier alpha value is -2.48. The lowest BCUT2D eigenvalue weighted by Gasteiger charge is -2.24. The predicted octanol–water partition coefficient (Wildman–Crippen LogP) is 1.50. The molecule has 2 atom stereocenters. The van der Waals surface area contributed by atoms with Gasteiger partial charge < -0.3 is 35.0 Å². The predicted molar refractivity (Wildman–Crippen MR) is 94.6 cm³/mol. The number of methoxy groups -OCH3 is 1. The highest BCUT2D eigenvalue weighted by atomic mass is 16.5. The van der Waals surface area contributed by atoms with Crippen LogP contribution in [0.3, 0.4) is 0 Å². The number of aromatic hydroxyl groups is 2. The average Bonchev–Trinajstić information content (AvgIpc) is 2.66. The summed E-state index contributed by atoms with van der Waals surface area (Å²) in [5, 5.41) is 47.9. The Bertz CT molecular complexity index is 717. The van der Waals surface area contributed by atoms with Gasteiger partial charge in [0.15, 0.2) is 29.1 Å². The second-order valence-corrected chi connectivity index (χ2v) is 5.84. The molecule has 0 bridgehead atoms. The number of phenols is 2. The lowest BCUT2D eigenvalue weighted by Crippen LogP contribution is -2.29. The smallest absolute Gasteiger partial charge is 0.161 e. The third-order valence-corrected chi connectivity index (χ3v) is 4.00. The van der Waals surface area contributed by atoms with E-state index in [4.69, 9.17) is 14.6 Å². The minimum Gasteiger partial charge on any atom is -0.504 e. The van der Waals surface area contributed by atoms with Gasteiger partial charge in [0, 0.05) is 6.61 Å². The topological polar surface area (TPSA) is 120 Å². The number of ether oxygens (including phenoxy) is 2. The fourth-order valence-corrected chi connectivity index (χ4v) is 2.55. The van der Waals surface area contributed by atoms with Gasteiger partial charge in [-0.2, -0.15) is 0 Å². The van der Waals surface area contributed by atoms with Crippen molar-refractivity contribution in [2.45, 2.75) is 25.0 Å². The van der Waals surface area contributed by atoms with Crippen LogP contribution in [0.5, 0.6) is 23.0 Å². The normalized spacial score (nSPS) is 13.2. The molecule has 142 valence electrons. The first-order chi connectivity index (χ1) is 12.5. The number of phenolic OH excluding ortho intramolecular Hbond substituents is 2. The summed E-state index contributed by atoms with van der Waals surface area (Å²) < 4.78 is 11.0. The molecule has 0 aliphatic rings. The van der Waals surface area contributed by atoms with Crippen LogP contribution in [0.25, 0.3) is 0 Å². The second kappa shape index (κ2) is 9.28. The molecule has 0 radical (unpaired) electrons. The zero-order valence-electron chi connectivity index (χ0n) is 14.5. The van der Waals surface area contributed by atoms with Gasteiger partial charge in [-0.1, -0.05) is 12.1 Å². The molecule has 7 heteroatoms. The quantitative estimate of drug-likeness (QED) is 0.428. The van der Waals surface area contributed by atoms with E-state index in [1.54, 1.807) is 12.1 Å². The van der Waals surface area contributed by atoms with Crippen LogP contribution < -0.4 is 9.47 Å². The molecule has 0 aliphatic heterocycles. The van der Waals surface area contributed by atoms with E-state index in [0.717, 1.165) is 5.56 Å². The minimum absolute atomic E-state index is 0.0961. The second-order valence-electron chi connectivity index (χ2n) is 5.84. The van der Waals surface area contributed by atoms with Crippen molar-refractivity contribution in [1.29, 1.82) is 0 Å². The third kappa shape index (κ3) is 4.78. The Morgan fingerprint density at radius 2 is 1.73 bits per heavy atom. The van der Waals surface area contributed by atoms with Crippen LogP contribution in [0, 0.1) is 0 Å². The molecular formula is C19H24O7. The lowest BCUT2D eigenvalue weighted by molar-refractivity contribution is -0.000527. The Balaban J connectivity index is 2.19. The van der Waals surface area contributed by atoms with Crippen LogP contribution in [-0.2, 0) is 6.42 Å². The van der Waals surface area contributed by atoms with Gasteiger partial charge in [0.05, 0.1) is 13.7 Å². The highest BCUT2D eigenvalue weighted by Gasteiger charge is 2.24. The molecule has 0 unspecified atom stereocenters. The zero-order valence-corrected chi connectivity index (χ0v) is 14.5. The molecule has 0 amide bonds. The van der Waals surface area contributed by atoms with Gasteiger partial charge in [0.25, 0.3) is 0 Å². The molecule has 2 rings (SSSR count). The average molecular weight is 364 g/mol. The summed E-state index contributed by atoms with van der Waals surface area (Å²) in [6.07, 6.45) is -0.918. The Kier molecular flexibility index (Phi) is 7.08. The lowest BCUT2D eigenvalue weighted by atomic mass is 10.0. The van der Waals surface area contributed by atoms with Gasteiger partial charge >= 0.3 is 0 Å². The summed E-state index contributed by atoms with van der Waals surface area (Å²) in [6, 6.07) is 9.16. The van der Waals surface area contributed by atoms with Crippen LogP contribution in [-0.4, -0.2) is 52.0 Å². The Labute approximate surface area is 151 Å². The van der Waals surface area contributed by atoms with Gasteiger partial charge in [-0.05, 0) is 48.2 Å². The summed E-state index contributed by atoms with van der Waals surface area (Å²) in [5.74, 6) is 0.118. The largest absolute Gasteiger partial charge is 0.504 e. The first-order valence-electron chi connectivity index (χ1n) is 8.25. The van der Waals surface area contributed by atoms with Gasteiger partial charge in [-0.25, -0.2) is 0 Å². The standard InChI is InChI=1S/C19H24O7/c1-25-17-9-12(3-2-8-20)4-7-16(17)26-18(11-21)19(24)13-5-6-14(22)15(23)10-13/h4-7,9-10,18-24H,2-3,8,11H2,1H3/t18-,19+/m1/s1. The van der Waals surface area contributed by atoms with E-state index in [2.05, 4.69) is 0 Å². The van der Waals surface area contributed by atoms with Gasteiger partial charge in [0.1, 0.15) is 6.10 Å². The van der Waals surface area contributed by atoms with Gasteiger partial charge in [-0.15, -0.1) is 0 Å². The van der Waals surface area contributed by atoms with Crippen LogP contribution in [0.1, 0.15) is 23.7 Å². The van der Waals surface area contributed by atoms with Crippen molar-refractivity contribution >= 4 is 0 Å². The summed E-state index contributed by atoms with van der Waals surface area (Å²) in [7, 11) is 1.49. The van der Waals surface area contributed by atoms with Crippen molar-refractivity contribution in [3.05, 3.63) is 47.5 Å². The fourth-order valence-electron chi connectivity index (χ4n) is 2.55. The summed E-state index contributed by atoms with van der Waals surface area (Å²) in [5.41, 5.74) is 1.26. The van der Waals surface area contributed by atoms with E-state index in [1.165, 1.54) is 25.3 Å². The minimum atomic E-state index is -1.23. The number of aliphatic hydroxyl groups excluding tert-OH is 3. The molecule has 7 nitrogen and oxygen atoms in total. The Morgan fingerprint density at radius 3 is 2.35 bits per heavy atom. The molecule has 2 aromatic rings.